The molecule has 0 radical (unpaired) electrons. The molecule has 0 aromatic carbocycles. The zero-order valence-corrected chi connectivity index (χ0v) is 4.44. The number of hydrogen-bond acceptors (Lipinski definition) is 1. The van der Waals surface area contributed by atoms with E-state index in [1.165, 1.54) is 0 Å². The predicted octanol–water partition coefficient (Wildman–Crippen LogP) is -0.920. The van der Waals surface area contributed by atoms with Crippen molar-refractivity contribution in [2.45, 2.75) is 13.8 Å². The highest BCUT2D eigenvalue weighted by molar-refractivity contribution is 4.31. The molecular formula is C4H13N2+. The minimum absolute atomic E-state index is 0.718. The van der Waals surface area contributed by atoms with E-state index in [-0.39, 0.29) is 0 Å². The third-order valence-corrected chi connectivity index (χ3v) is 0.607. The van der Waals surface area contributed by atoms with Crippen LogP contribution in [-0.4, -0.2) is 6.54 Å². The second kappa shape index (κ2) is 3.12. The zero-order valence-electron chi connectivity index (χ0n) is 4.44. The van der Waals surface area contributed by atoms with E-state index in [0.717, 1.165) is 12.5 Å². The van der Waals surface area contributed by atoms with E-state index in [0.29, 0.717) is 0 Å². The van der Waals surface area contributed by atoms with Gasteiger partial charge in [0.1, 0.15) is 0 Å². The quantitative estimate of drug-likeness (QED) is 0.333. The summed E-state index contributed by atoms with van der Waals surface area (Å²) in [5.74, 6) is 5.82. The topological polar surface area (TPSA) is 42.6 Å². The summed E-state index contributed by atoms with van der Waals surface area (Å²) in [5.41, 5.74) is 1.70. The van der Waals surface area contributed by atoms with Gasteiger partial charge in [0.2, 0.25) is 0 Å². The maximum Gasteiger partial charge on any atom is 0.0951 e. The summed E-state index contributed by atoms with van der Waals surface area (Å²) >= 11 is 0. The van der Waals surface area contributed by atoms with Crippen molar-refractivity contribution in [2.75, 3.05) is 6.54 Å². The van der Waals surface area contributed by atoms with Crippen molar-refractivity contribution < 1.29 is 5.43 Å². The summed E-state index contributed by atoms with van der Waals surface area (Å²) in [7, 11) is 0. The predicted molar refractivity (Wildman–Crippen MR) is 25.8 cm³/mol. The lowest BCUT2D eigenvalue weighted by Crippen LogP contribution is -2.92. The highest BCUT2D eigenvalue weighted by atomic mass is 15.2. The van der Waals surface area contributed by atoms with E-state index >= 15 is 0 Å². The van der Waals surface area contributed by atoms with E-state index in [1.54, 1.807) is 5.43 Å². The maximum atomic E-state index is 5.10. The van der Waals surface area contributed by atoms with Gasteiger partial charge >= 0.3 is 0 Å². The van der Waals surface area contributed by atoms with Gasteiger partial charge in [0.25, 0.3) is 0 Å². The first-order chi connectivity index (χ1) is 2.77. The average Bonchev–Trinajstić information content (AvgIpc) is 1.35. The molecule has 0 amide bonds. The second-order valence-corrected chi connectivity index (χ2v) is 1.87. The van der Waals surface area contributed by atoms with Crippen LogP contribution in [0.15, 0.2) is 0 Å². The fraction of sp³-hybridized carbons (Fsp3) is 1.00. The summed E-state index contributed by atoms with van der Waals surface area (Å²) < 4.78 is 0. The van der Waals surface area contributed by atoms with E-state index < -0.39 is 0 Å². The SMILES string of the molecule is CC(C)C[NH2+]N. The lowest BCUT2D eigenvalue weighted by molar-refractivity contribution is -0.672. The first-order valence-electron chi connectivity index (χ1n) is 2.30. The molecule has 0 bridgehead atoms. The van der Waals surface area contributed by atoms with Crippen LogP contribution >= 0.6 is 0 Å². The van der Waals surface area contributed by atoms with Gasteiger partial charge in [-0.25, -0.2) is 0 Å². The Labute approximate surface area is 38.7 Å². The van der Waals surface area contributed by atoms with Crippen molar-refractivity contribution in [3.05, 3.63) is 0 Å². The summed E-state index contributed by atoms with van der Waals surface area (Å²) in [4.78, 5) is 0. The largest absolute Gasteiger partial charge is 0.271 e. The molecule has 6 heavy (non-hydrogen) atoms. The molecule has 38 valence electrons. The normalized spacial score (nSPS) is 10.0. The smallest absolute Gasteiger partial charge is 0.0951 e. The van der Waals surface area contributed by atoms with Crippen LogP contribution in [0, 0.1) is 5.92 Å². The molecule has 4 N–H and O–H groups in total. The van der Waals surface area contributed by atoms with Crippen LogP contribution in [0.2, 0.25) is 0 Å². The van der Waals surface area contributed by atoms with Crippen molar-refractivity contribution in [1.29, 1.82) is 0 Å². The molecule has 0 unspecified atom stereocenters. The standard InChI is InChI=1S/C4H12N2/c1-4(2)3-6-5/h4,6H,3,5H2,1-2H3/p+1. The van der Waals surface area contributed by atoms with Crippen molar-refractivity contribution in [1.82, 2.24) is 0 Å². The summed E-state index contributed by atoms with van der Waals surface area (Å²) in [5, 5.41) is 0. The summed E-state index contributed by atoms with van der Waals surface area (Å²) in [6.45, 7) is 5.31. The van der Waals surface area contributed by atoms with Gasteiger partial charge in [-0.15, -0.1) is 0 Å². The van der Waals surface area contributed by atoms with E-state index in [4.69, 9.17) is 5.84 Å². The second-order valence-electron chi connectivity index (χ2n) is 1.87. The van der Waals surface area contributed by atoms with Crippen molar-refractivity contribution >= 4 is 0 Å². The van der Waals surface area contributed by atoms with Gasteiger partial charge in [-0.2, -0.15) is 5.84 Å². The van der Waals surface area contributed by atoms with Gasteiger partial charge in [-0.1, -0.05) is 13.8 Å². The molecule has 0 atom stereocenters. The van der Waals surface area contributed by atoms with Crippen LogP contribution in [0.25, 0.3) is 0 Å². The van der Waals surface area contributed by atoms with E-state index in [9.17, 15) is 0 Å². The Morgan fingerprint density at radius 3 is 2.17 bits per heavy atom. The Hall–Kier alpha value is -0.0800. The molecule has 0 aromatic heterocycles. The number of quaternary nitrogens is 1. The Kier molecular flexibility index (Phi) is 3.08. The van der Waals surface area contributed by atoms with Gasteiger partial charge < -0.3 is 0 Å². The van der Waals surface area contributed by atoms with Crippen LogP contribution in [-0.2, 0) is 0 Å². The Balaban J connectivity index is 2.63. The minimum atomic E-state index is 0.718. The summed E-state index contributed by atoms with van der Waals surface area (Å²) in [6, 6.07) is 0. The van der Waals surface area contributed by atoms with Crippen LogP contribution < -0.4 is 11.3 Å². The van der Waals surface area contributed by atoms with Crippen molar-refractivity contribution in [2.24, 2.45) is 11.8 Å². The molecule has 0 aliphatic rings. The third-order valence-electron chi connectivity index (χ3n) is 0.607. The van der Waals surface area contributed by atoms with Gasteiger partial charge in [0.05, 0.1) is 6.54 Å². The zero-order chi connectivity index (χ0) is 4.99. The highest BCUT2D eigenvalue weighted by Gasteiger charge is 1.88. The molecule has 0 saturated carbocycles. The molecule has 2 nitrogen and oxygen atoms in total. The lowest BCUT2D eigenvalue weighted by Gasteiger charge is -1.94. The van der Waals surface area contributed by atoms with E-state index in [2.05, 4.69) is 13.8 Å². The van der Waals surface area contributed by atoms with Crippen LogP contribution in [0.3, 0.4) is 0 Å². The molecule has 0 aliphatic carbocycles. The minimum Gasteiger partial charge on any atom is -0.271 e. The van der Waals surface area contributed by atoms with Gasteiger partial charge in [0, 0.05) is 5.92 Å². The Morgan fingerprint density at radius 2 is 2.17 bits per heavy atom. The number of hydrogen-bond donors (Lipinski definition) is 2. The third kappa shape index (κ3) is 3.92. The monoisotopic (exact) mass is 89.1 g/mol. The molecule has 0 saturated heterocycles. The molecule has 0 fully saturated rings. The van der Waals surface area contributed by atoms with Crippen LogP contribution in [0.4, 0.5) is 0 Å². The maximum absolute atomic E-state index is 5.10. The molecule has 2 heteroatoms. The molecule has 0 spiro atoms. The van der Waals surface area contributed by atoms with Crippen LogP contribution in [0.1, 0.15) is 13.8 Å². The van der Waals surface area contributed by atoms with Gasteiger partial charge in [-0.3, -0.25) is 5.43 Å². The first-order valence-corrected chi connectivity index (χ1v) is 2.30. The molecule has 0 heterocycles. The van der Waals surface area contributed by atoms with Gasteiger partial charge in [0.15, 0.2) is 0 Å². The van der Waals surface area contributed by atoms with Crippen LogP contribution in [0.5, 0.6) is 0 Å². The molecule has 0 aromatic rings. The Morgan fingerprint density at radius 1 is 1.67 bits per heavy atom. The van der Waals surface area contributed by atoms with E-state index in [1.807, 2.05) is 0 Å². The fourth-order valence-corrected chi connectivity index (χ4v) is 0.272. The average molecular weight is 89.2 g/mol. The highest BCUT2D eigenvalue weighted by Crippen LogP contribution is 1.80. The lowest BCUT2D eigenvalue weighted by atomic mass is 10.2. The molecular weight excluding hydrogens is 76.1 g/mol. The van der Waals surface area contributed by atoms with Crippen molar-refractivity contribution in [3.8, 4) is 0 Å². The summed E-state index contributed by atoms with van der Waals surface area (Å²) in [6.07, 6.45) is 0. The van der Waals surface area contributed by atoms with Crippen molar-refractivity contribution in [3.63, 3.8) is 0 Å². The molecule has 0 aliphatic heterocycles. The number of nitrogens with two attached hydrogens (primary N) is 2. The number of rotatable bonds is 2. The van der Waals surface area contributed by atoms with Gasteiger partial charge in [-0.05, 0) is 0 Å². The first kappa shape index (κ1) is 5.92. The Bertz CT molecular complexity index is 26.7. The fourth-order valence-electron chi connectivity index (χ4n) is 0.272. The molecule has 0 rings (SSSR count).